The van der Waals surface area contributed by atoms with Crippen LogP contribution >= 0.6 is 0 Å². The fourth-order valence-electron chi connectivity index (χ4n) is 11.3. The van der Waals surface area contributed by atoms with Gasteiger partial charge in [0.2, 0.25) is 69.0 Å². The molecule has 3 aromatic heterocycles. The van der Waals surface area contributed by atoms with Crippen LogP contribution in [-0.4, -0.2) is 163 Å². The quantitative estimate of drug-likeness (QED) is 0.0467. The van der Waals surface area contributed by atoms with E-state index in [9.17, 15) is 143 Å². The molecule has 0 spiro atoms. The first-order valence-electron chi connectivity index (χ1n) is 24.9. The third-order valence-electron chi connectivity index (χ3n) is 15.5. The second-order valence-corrected chi connectivity index (χ2v) is 20.1. The molecule has 0 bridgehead atoms. The van der Waals surface area contributed by atoms with Crippen LogP contribution in [0.25, 0.3) is 127 Å². The number of phenols is 28. The van der Waals surface area contributed by atoms with Gasteiger partial charge in [-0.05, 0) is 12.1 Å². The SMILES string of the molecule is Oc1c(O)c(O)c(-c2nc(-c3ccc4c(c3)oc3c(-c5c(O)c6c7c(O)c(O)c(O)c(O)c7c7c(O)c(O)c(O)c8c7c6c(c5O)n8-c5c(O)c(O)c(O)c(O)c5O)cccc34)nc(-c3c(O)c(O)c(-c4c(O)c(O)c(O)c(O)c4O)c(O)c3O)n2)c(O)c1O. The van der Waals surface area contributed by atoms with Gasteiger partial charge in [0.05, 0.1) is 22.2 Å². The number of aromatic hydroxyl groups is 28. The number of furan rings is 1. The van der Waals surface area contributed by atoms with E-state index in [-0.39, 0.29) is 33.1 Å². The standard InChI is InChI=1S/C57H34N4O29/c62-26-12(27(63)23-13-14-16(18-17(15(13)26)29(65)43(79)44(80)30(18)66)28(64)42(78)39(75)24(14)61(23)25-40(76)49(85)53(89)50(86)41(25)77)10-3-1-2-9-8-5-4-7(6-11(8)90-54(9)10)55-58-56(60-57(59-55)22-37(73)47(83)52(88)48(84)38(22)74)21-35(71)31(67)19(32(68)36(21)72)20-33(69)45(81)51(87)46(82)34(20)70/h1-6,62-89H. The predicted octanol–water partition coefficient (Wildman–Crippen LogP) is 6.70. The van der Waals surface area contributed by atoms with Gasteiger partial charge in [0, 0.05) is 54.2 Å². The summed E-state index contributed by atoms with van der Waals surface area (Å²) in [6.45, 7) is 0. The molecular weight excluding hydrogens is 1200 g/mol. The zero-order valence-corrected chi connectivity index (χ0v) is 43.7. The Morgan fingerprint density at radius 2 is 0.611 bits per heavy atom. The third kappa shape index (κ3) is 6.57. The summed E-state index contributed by atoms with van der Waals surface area (Å²) >= 11 is 0. The van der Waals surface area contributed by atoms with Crippen molar-refractivity contribution < 1.29 is 147 Å². The Balaban J connectivity index is 1.10. The van der Waals surface area contributed by atoms with Crippen molar-refractivity contribution in [2.75, 3.05) is 0 Å². The lowest BCUT2D eigenvalue weighted by Gasteiger charge is -2.19. The molecule has 10 aromatic carbocycles. The minimum atomic E-state index is -1.60. The number of benzene rings is 10. The van der Waals surface area contributed by atoms with E-state index in [1.54, 1.807) is 0 Å². The number of fused-ring (bicyclic) bond motifs is 6. The summed E-state index contributed by atoms with van der Waals surface area (Å²) in [5.74, 6) is -44.0. The van der Waals surface area contributed by atoms with Gasteiger partial charge in [-0.25, -0.2) is 15.0 Å². The average molecular weight is 1240 g/mol. The van der Waals surface area contributed by atoms with Crippen molar-refractivity contribution >= 4 is 65.3 Å². The Kier molecular flexibility index (Phi) is 10.9. The van der Waals surface area contributed by atoms with Gasteiger partial charge in [0.15, 0.2) is 104 Å². The largest absolute Gasteiger partial charge is 0.506 e. The van der Waals surface area contributed by atoms with Crippen molar-refractivity contribution in [3.63, 3.8) is 0 Å². The molecule has 0 aliphatic heterocycles. The van der Waals surface area contributed by atoms with Crippen molar-refractivity contribution in [1.82, 2.24) is 19.5 Å². The number of hydrogen-bond acceptors (Lipinski definition) is 32. The van der Waals surface area contributed by atoms with Gasteiger partial charge in [-0.15, -0.1) is 0 Å². The smallest absolute Gasteiger partial charge is 0.208 e. The van der Waals surface area contributed by atoms with E-state index >= 15 is 0 Å². The number of nitrogens with zero attached hydrogens (tertiary/aromatic N) is 4. The fraction of sp³-hybridized carbons (Fsp3) is 0. The van der Waals surface area contributed by atoms with Gasteiger partial charge >= 0.3 is 0 Å². The monoisotopic (exact) mass is 1240 g/mol. The van der Waals surface area contributed by atoms with E-state index < -0.39 is 255 Å². The summed E-state index contributed by atoms with van der Waals surface area (Å²) < 4.78 is 6.83. The maximum absolute atomic E-state index is 12.8. The second kappa shape index (κ2) is 17.8. The van der Waals surface area contributed by atoms with Crippen molar-refractivity contribution in [2.24, 2.45) is 0 Å². The predicted molar refractivity (Wildman–Crippen MR) is 301 cm³/mol. The highest BCUT2D eigenvalue weighted by Crippen LogP contribution is 2.67. The molecule has 456 valence electrons. The lowest BCUT2D eigenvalue weighted by Crippen LogP contribution is -2.02. The van der Waals surface area contributed by atoms with Crippen molar-refractivity contribution in [2.45, 2.75) is 0 Å². The number of aromatic nitrogens is 4. The van der Waals surface area contributed by atoms with E-state index in [1.165, 1.54) is 30.3 Å². The Hall–Kier alpha value is -14.0. The van der Waals surface area contributed by atoms with Crippen LogP contribution < -0.4 is 0 Å². The first-order valence-corrected chi connectivity index (χ1v) is 24.9. The van der Waals surface area contributed by atoms with Crippen LogP contribution in [0.15, 0.2) is 40.8 Å². The van der Waals surface area contributed by atoms with Gasteiger partial charge < -0.3 is 147 Å². The highest BCUT2D eigenvalue weighted by molar-refractivity contribution is 6.42. The molecule has 33 nitrogen and oxygen atoms in total. The summed E-state index contributed by atoms with van der Waals surface area (Å²) in [6, 6.07) is 7.57. The zero-order chi connectivity index (χ0) is 65.1. The van der Waals surface area contributed by atoms with Gasteiger partial charge in [-0.1, -0.05) is 24.3 Å². The molecule has 33 heteroatoms. The highest BCUT2D eigenvalue weighted by atomic mass is 16.4. The Labute approximate surface area is 490 Å². The average Bonchev–Trinajstić information content (AvgIpc) is 1.46. The molecule has 0 unspecified atom stereocenters. The Morgan fingerprint density at radius 1 is 0.267 bits per heavy atom. The zero-order valence-electron chi connectivity index (χ0n) is 43.7. The van der Waals surface area contributed by atoms with E-state index in [2.05, 4.69) is 15.0 Å². The van der Waals surface area contributed by atoms with E-state index in [0.29, 0.717) is 4.57 Å². The molecule has 0 atom stereocenters. The summed E-state index contributed by atoms with van der Waals surface area (Å²) in [5.41, 5.74) is -9.97. The van der Waals surface area contributed by atoms with Crippen molar-refractivity contribution in [1.29, 1.82) is 0 Å². The molecule has 13 rings (SSSR count). The molecule has 13 aromatic rings. The minimum Gasteiger partial charge on any atom is -0.506 e. The van der Waals surface area contributed by atoms with E-state index in [0.717, 1.165) is 6.07 Å². The first-order chi connectivity index (χ1) is 42.4. The Bertz CT molecular complexity index is 5420. The molecule has 0 radical (unpaired) electrons. The van der Waals surface area contributed by atoms with Gasteiger partial charge in [0.1, 0.15) is 39.2 Å². The number of hydrogen-bond donors (Lipinski definition) is 28. The lowest BCUT2D eigenvalue weighted by molar-refractivity contribution is 0.327. The van der Waals surface area contributed by atoms with Crippen molar-refractivity contribution in [3.8, 4) is 223 Å². The van der Waals surface area contributed by atoms with Gasteiger partial charge in [-0.3, -0.25) is 4.57 Å². The van der Waals surface area contributed by atoms with Gasteiger partial charge in [-0.2, -0.15) is 0 Å². The molecule has 0 aliphatic rings. The fourth-order valence-corrected chi connectivity index (χ4v) is 11.3. The molecule has 0 fully saturated rings. The molecule has 28 N–H and O–H groups in total. The number of rotatable bonds is 6. The Morgan fingerprint density at radius 3 is 1.08 bits per heavy atom. The number of phenolic OH excluding ortho intramolecular Hbond substituents is 28. The molecule has 0 saturated heterocycles. The van der Waals surface area contributed by atoms with Crippen LogP contribution in [0.4, 0.5) is 0 Å². The summed E-state index contributed by atoms with van der Waals surface area (Å²) in [4.78, 5) is 12.4. The van der Waals surface area contributed by atoms with Crippen LogP contribution in [0.5, 0.6) is 161 Å². The van der Waals surface area contributed by atoms with Crippen LogP contribution in [-0.2, 0) is 0 Å². The summed E-state index contributed by atoms with van der Waals surface area (Å²) in [7, 11) is 0. The highest BCUT2D eigenvalue weighted by Gasteiger charge is 2.40. The topological polar surface area (TPSA) is 623 Å². The second-order valence-electron chi connectivity index (χ2n) is 20.1. The van der Waals surface area contributed by atoms with Gasteiger partial charge in [0.25, 0.3) is 0 Å². The van der Waals surface area contributed by atoms with Crippen LogP contribution in [0.1, 0.15) is 0 Å². The summed E-state index contributed by atoms with van der Waals surface area (Å²) in [5, 5.41) is 307. The van der Waals surface area contributed by atoms with Crippen LogP contribution in [0.3, 0.4) is 0 Å². The maximum Gasteiger partial charge on any atom is 0.208 e. The molecule has 90 heavy (non-hydrogen) atoms. The number of para-hydroxylation sites is 1. The van der Waals surface area contributed by atoms with E-state index in [4.69, 9.17) is 4.42 Å². The maximum atomic E-state index is 12.8. The molecular formula is C57H34N4O29. The minimum absolute atomic E-state index is 0.0687. The van der Waals surface area contributed by atoms with Crippen LogP contribution in [0, 0.1) is 0 Å². The first kappa shape index (κ1) is 55.2. The summed E-state index contributed by atoms with van der Waals surface area (Å²) in [6.07, 6.45) is 0. The normalized spacial score (nSPS) is 11.9. The molecule has 0 amide bonds. The van der Waals surface area contributed by atoms with Crippen LogP contribution in [0.2, 0.25) is 0 Å². The lowest BCUT2D eigenvalue weighted by atomic mass is 9.88. The third-order valence-corrected chi connectivity index (χ3v) is 15.5. The molecule has 0 aliphatic carbocycles. The molecule has 3 heterocycles. The molecule has 0 saturated carbocycles. The van der Waals surface area contributed by atoms with E-state index in [1.807, 2.05) is 0 Å². The van der Waals surface area contributed by atoms with Crippen molar-refractivity contribution in [3.05, 3.63) is 36.4 Å².